The third-order valence-corrected chi connectivity index (χ3v) is 4.77. The lowest BCUT2D eigenvalue weighted by Gasteiger charge is -2.25. The molecule has 1 atom stereocenters. The summed E-state index contributed by atoms with van der Waals surface area (Å²) in [6.45, 7) is 1.95. The van der Waals surface area contributed by atoms with Crippen molar-refractivity contribution < 1.29 is 14.6 Å². The first-order chi connectivity index (χ1) is 10.7. The first-order valence-corrected chi connectivity index (χ1v) is 7.92. The lowest BCUT2D eigenvalue weighted by atomic mass is 9.92. The van der Waals surface area contributed by atoms with Crippen molar-refractivity contribution >= 4 is 27.4 Å². The minimum Gasteiger partial charge on any atom is -0.463 e. The lowest BCUT2D eigenvalue weighted by molar-refractivity contribution is -0.161. The van der Waals surface area contributed by atoms with Crippen LogP contribution in [0.15, 0.2) is 60.7 Å². The summed E-state index contributed by atoms with van der Waals surface area (Å²) in [5.74, 6) is -0.646. The molecule has 0 aliphatic rings. The average Bonchev–Trinajstić information content (AvgIpc) is 2.99. The topological polar surface area (TPSA) is 46.5 Å². The fraction of sp³-hybridized carbons (Fsp3) is 0.167. The van der Waals surface area contributed by atoms with Crippen LogP contribution in [0.5, 0.6) is 0 Å². The van der Waals surface area contributed by atoms with E-state index >= 15 is 0 Å². The Morgan fingerprint density at radius 1 is 1.14 bits per heavy atom. The van der Waals surface area contributed by atoms with Gasteiger partial charge in [0.2, 0.25) is 5.60 Å². The van der Waals surface area contributed by atoms with Gasteiger partial charge in [-0.25, -0.2) is 4.79 Å². The molecule has 3 rings (SSSR count). The molecule has 0 saturated heterocycles. The SMILES string of the molecule is CCOC(=O)C(O)(c1ccccc1)c1cc2ccccc2s1. The van der Waals surface area contributed by atoms with Crippen molar-refractivity contribution in [2.45, 2.75) is 12.5 Å². The predicted molar refractivity (Wildman–Crippen MR) is 87.9 cm³/mol. The van der Waals surface area contributed by atoms with E-state index in [1.807, 2.05) is 36.4 Å². The zero-order chi connectivity index (χ0) is 15.6. The molecule has 112 valence electrons. The summed E-state index contributed by atoms with van der Waals surface area (Å²) in [5, 5.41) is 12.2. The molecule has 1 heterocycles. The zero-order valence-corrected chi connectivity index (χ0v) is 13.0. The zero-order valence-electron chi connectivity index (χ0n) is 12.2. The van der Waals surface area contributed by atoms with Crippen LogP contribution in [0.1, 0.15) is 17.4 Å². The number of hydrogen-bond acceptors (Lipinski definition) is 4. The molecule has 1 aromatic heterocycles. The van der Waals surface area contributed by atoms with Crippen LogP contribution in [0.2, 0.25) is 0 Å². The van der Waals surface area contributed by atoms with Crippen LogP contribution in [0.25, 0.3) is 10.1 Å². The molecule has 0 radical (unpaired) electrons. The second-order valence-electron chi connectivity index (χ2n) is 4.95. The van der Waals surface area contributed by atoms with Gasteiger partial charge < -0.3 is 9.84 Å². The summed E-state index contributed by atoms with van der Waals surface area (Å²) >= 11 is 1.40. The van der Waals surface area contributed by atoms with Gasteiger partial charge in [0.05, 0.1) is 11.5 Å². The lowest BCUT2D eigenvalue weighted by Crippen LogP contribution is -2.37. The Morgan fingerprint density at radius 3 is 2.50 bits per heavy atom. The molecule has 0 aliphatic heterocycles. The third-order valence-electron chi connectivity index (χ3n) is 3.54. The van der Waals surface area contributed by atoms with Crippen molar-refractivity contribution in [1.29, 1.82) is 0 Å². The molecule has 3 nitrogen and oxygen atoms in total. The Morgan fingerprint density at radius 2 is 1.82 bits per heavy atom. The van der Waals surface area contributed by atoms with Gasteiger partial charge in [0.25, 0.3) is 0 Å². The Labute approximate surface area is 132 Å². The number of hydrogen-bond donors (Lipinski definition) is 1. The van der Waals surface area contributed by atoms with Crippen LogP contribution < -0.4 is 0 Å². The molecule has 3 aromatic rings. The fourth-order valence-electron chi connectivity index (χ4n) is 2.44. The van der Waals surface area contributed by atoms with Crippen molar-refractivity contribution in [3.8, 4) is 0 Å². The van der Waals surface area contributed by atoms with Crippen LogP contribution in [0.4, 0.5) is 0 Å². The molecule has 0 fully saturated rings. The van der Waals surface area contributed by atoms with E-state index in [1.54, 1.807) is 31.2 Å². The van der Waals surface area contributed by atoms with Gasteiger partial charge in [-0.15, -0.1) is 11.3 Å². The largest absolute Gasteiger partial charge is 0.463 e. The van der Waals surface area contributed by atoms with E-state index in [2.05, 4.69) is 0 Å². The Hall–Kier alpha value is -2.17. The van der Waals surface area contributed by atoms with E-state index in [0.717, 1.165) is 10.1 Å². The number of benzene rings is 2. The summed E-state index contributed by atoms with van der Waals surface area (Å²) in [6, 6.07) is 18.6. The number of ether oxygens (including phenoxy) is 1. The molecule has 0 aliphatic carbocycles. The Kier molecular flexibility index (Phi) is 3.96. The van der Waals surface area contributed by atoms with Crippen LogP contribution >= 0.6 is 11.3 Å². The van der Waals surface area contributed by atoms with Gasteiger partial charge in [0.15, 0.2) is 0 Å². The molecule has 0 spiro atoms. The van der Waals surface area contributed by atoms with Crippen LogP contribution in [-0.4, -0.2) is 17.7 Å². The molecular weight excluding hydrogens is 296 g/mol. The van der Waals surface area contributed by atoms with Gasteiger partial charge in [-0.3, -0.25) is 0 Å². The van der Waals surface area contributed by atoms with Crippen LogP contribution in [0.3, 0.4) is 0 Å². The van der Waals surface area contributed by atoms with Gasteiger partial charge in [-0.1, -0.05) is 48.5 Å². The molecule has 1 N–H and O–H groups in total. The van der Waals surface area contributed by atoms with E-state index in [0.29, 0.717) is 10.4 Å². The molecule has 1 unspecified atom stereocenters. The summed E-state index contributed by atoms with van der Waals surface area (Å²) in [7, 11) is 0. The minimum atomic E-state index is -1.78. The summed E-state index contributed by atoms with van der Waals surface area (Å²) in [5.41, 5.74) is -1.26. The van der Waals surface area contributed by atoms with E-state index in [-0.39, 0.29) is 6.61 Å². The number of fused-ring (bicyclic) bond motifs is 1. The maximum absolute atomic E-state index is 12.5. The summed E-state index contributed by atoms with van der Waals surface area (Å²) < 4.78 is 6.15. The fourth-order valence-corrected chi connectivity index (χ4v) is 3.60. The Balaban J connectivity index is 2.18. The maximum atomic E-state index is 12.5. The molecule has 0 bridgehead atoms. The maximum Gasteiger partial charge on any atom is 0.348 e. The second-order valence-corrected chi connectivity index (χ2v) is 6.03. The number of aliphatic hydroxyl groups is 1. The van der Waals surface area contributed by atoms with E-state index in [4.69, 9.17) is 4.74 Å². The van der Waals surface area contributed by atoms with Crippen molar-refractivity contribution in [1.82, 2.24) is 0 Å². The number of esters is 1. The first-order valence-electron chi connectivity index (χ1n) is 7.10. The molecule has 4 heteroatoms. The summed E-state index contributed by atoms with van der Waals surface area (Å²) in [6.07, 6.45) is 0. The number of thiophene rings is 1. The van der Waals surface area contributed by atoms with Crippen LogP contribution in [-0.2, 0) is 15.1 Å². The molecule has 0 amide bonds. The average molecular weight is 312 g/mol. The molecule has 0 saturated carbocycles. The van der Waals surface area contributed by atoms with Crippen molar-refractivity contribution in [3.63, 3.8) is 0 Å². The first kappa shape index (κ1) is 14.8. The molecular formula is C18H16O3S. The standard InChI is InChI=1S/C18H16O3S/c1-2-21-17(19)18(20,14-9-4-3-5-10-14)16-12-13-8-6-7-11-15(13)22-16/h3-12,20H,2H2,1H3. The number of rotatable bonds is 4. The van der Waals surface area contributed by atoms with Gasteiger partial charge in [0, 0.05) is 10.3 Å². The predicted octanol–water partition coefficient (Wildman–Crippen LogP) is 3.70. The second kappa shape index (κ2) is 5.91. The quantitative estimate of drug-likeness (QED) is 0.747. The van der Waals surface area contributed by atoms with Crippen LogP contribution in [0, 0.1) is 0 Å². The number of carbonyl (C=O) groups excluding carboxylic acids is 1. The van der Waals surface area contributed by atoms with Crippen molar-refractivity contribution in [3.05, 3.63) is 71.1 Å². The summed E-state index contributed by atoms with van der Waals surface area (Å²) in [4.78, 5) is 13.0. The smallest absolute Gasteiger partial charge is 0.348 e. The van der Waals surface area contributed by atoms with Crippen molar-refractivity contribution in [2.75, 3.05) is 6.61 Å². The normalized spacial score (nSPS) is 13.7. The minimum absolute atomic E-state index is 0.221. The third kappa shape index (κ3) is 2.40. The highest BCUT2D eigenvalue weighted by Gasteiger charge is 2.43. The highest BCUT2D eigenvalue weighted by molar-refractivity contribution is 7.19. The van der Waals surface area contributed by atoms with E-state index < -0.39 is 11.6 Å². The molecule has 2 aromatic carbocycles. The monoisotopic (exact) mass is 312 g/mol. The van der Waals surface area contributed by atoms with Gasteiger partial charge in [-0.2, -0.15) is 0 Å². The van der Waals surface area contributed by atoms with Gasteiger partial charge >= 0.3 is 5.97 Å². The van der Waals surface area contributed by atoms with E-state index in [1.165, 1.54) is 11.3 Å². The Bertz CT molecular complexity index is 761. The van der Waals surface area contributed by atoms with E-state index in [9.17, 15) is 9.90 Å². The van der Waals surface area contributed by atoms with Gasteiger partial charge in [0.1, 0.15) is 0 Å². The number of carbonyl (C=O) groups is 1. The van der Waals surface area contributed by atoms with Crippen molar-refractivity contribution in [2.24, 2.45) is 0 Å². The van der Waals surface area contributed by atoms with Gasteiger partial charge in [-0.05, 0) is 24.4 Å². The highest BCUT2D eigenvalue weighted by atomic mass is 32.1. The highest BCUT2D eigenvalue weighted by Crippen LogP contribution is 2.38. The molecule has 22 heavy (non-hydrogen) atoms.